The van der Waals surface area contributed by atoms with E-state index in [2.05, 4.69) is 32.0 Å². The number of fused-ring (bicyclic) bond motifs is 1. The van der Waals surface area contributed by atoms with Crippen LogP contribution < -0.4 is 10.6 Å². The van der Waals surface area contributed by atoms with Gasteiger partial charge >= 0.3 is 5.69 Å². The van der Waals surface area contributed by atoms with E-state index < -0.39 is 0 Å². The van der Waals surface area contributed by atoms with Crippen molar-refractivity contribution in [3.63, 3.8) is 0 Å². The van der Waals surface area contributed by atoms with E-state index in [1.165, 1.54) is 19.3 Å². The largest absolute Gasteiger partial charge is 0.378 e. The van der Waals surface area contributed by atoms with Gasteiger partial charge in [-0.3, -0.25) is 9.55 Å². The van der Waals surface area contributed by atoms with Gasteiger partial charge in [0.15, 0.2) is 11.3 Å². The lowest BCUT2D eigenvalue weighted by atomic mass is 9.95. The molecule has 1 aliphatic rings. The lowest BCUT2D eigenvalue weighted by Gasteiger charge is -2.22. The summed E-state index contributed by atoms with van der Waals surface area (Å²) < 4.78 is 1.81. The van der Waals surface area contributed by atoms with Gasteiger partial charge in [-0.1, -0.05) is 31.4 Å². The smallest absolute Gasteiger partial charge is 0.329 e. The number of anilines is 1. The summed E-state index contributed by atoms with van der Waals surface area (Å²) in [5.41, 5.74) is 4.02. The Hall–Kier alpha value is -2.63. The molecule has 1 aromatic carbocycles. The number of nitrogens with one attached hydrogen (secondary N) is 1. The van der Waals surface area contributed by atoms with Crippen LogP contribution in [0, 0.1) is 0 Å². The zero-order valence-corrected chi connectivity index (χ0v) is 14.7. The third kappa shape index (κ3) is 2.92. The Balaban J connectivity index is 1.77. The molecule has 0 saturated heterocycles. The zero-order valence-electron chi connectivity index (χ0n) is 14.7. The van der Waals surface area contributed by atoms with E-state index in [1.54, 1.807) is 6.20 Å². The van der Waals surface area contributed by atoms with Crippen LogP contribution >= 0.6 is 0 Å². The molecule has 0 amide bonds. The van der Waals surface area contributed by atoms with E-state index in [4.69, 9.17) is 0 Å². The molecule has 1 N–H and O–H groups in total. The quantitative estimate of drug-likeness (QED) is 0.796. The van der Waals surface area contributed by atoms with Crippen molar-refractivity contribution >= 4 is 17.0 Å². The summed E-state index contributed by atoms with van der Waals surface area (Å²) in [4.78, 5) is 26.6. The van der Waals surface area contributed by atoms with E-state index in [1.807, 2.05) is 30.8 Å². The molecule has 1 saturated carbocycles. The van der Waals surface area contributed by atoms with Gasteiger partial charge in [-0.2, -0.15) is 0 Å². The van der Waals surface area contributed by atoms with Crippen LogP contribution in [-0.2, 0) is 0 Å². The van der Waals surface area contributed by atoms with Gasteiger partial charge in [0.2, 0.25) is 0 Å². The van der Waals surface area contributed by atoms with E-state index in [9.17, 15) is 4.79 Å². The van der Waals surface area contributed by atoms with Crippen molar-refractivity contribution in [2.75, 3.05) is 19.0 Å². The Labute approximate surface area is 146 Å². The van der Waals surface area contributed by atoms with Crippen LogP contribution in [0.15, 0.2) is 35.3 Å². The highest BCUT2D eigenvalue weighted by atomic mass is 16.1. The Bertz CT molecular complexity index is 950. The zero-order chi connectivity index (χ0) is 17.4. The topological polar surface area (TPSA) is 66.8 Å². The molecule has 1 aliphatic carbocycles. The van der Waals surface area contributed by atoms with Crippen LogP contribution in [0.5, 0.6) is 0 Å². The average molecular weight is 337 g/mol. The monoisotopic (exact) mass is 337 g/mol. The summed E-state index contributed by atoms with van der Waals surface area (Å²) in [6, 6.07) is 8.39. The second-order valence-corrected chi connectivity index (χ2v) is 6.96. The van der Waals surface area contributed by atoms with Gasteiger partial charge < -0.3 is 4.90 Å². The second kappa shape index (κ2) is 6.35. The summed E-state index contributed by atoms with van der Waals surface area (Å²) in [5, 5.41) is 0. The van der Waals surface area contributed by atoms with E-state index in [0.717, 1.165) is 29.8 Å². The van der Waals surface area contributed by atoms with Crippen LogP contribution in [0.1, 0.15) is 38.1 Å². The molecular weight excluding hydrogens is 314 g/mol. The Kier molecular flexibility index (Phi) is 4.03. The highest BCUT2D eigenvalue weighted by Crippen LogP contribution is 2.29. The molecule has 130 valence electrons. The van der Waals surface area contributed by atoms with E-state index >= 15 is 0 Å². The lowest BCUT2D eigenvalue weighted by molar-refractivity contribution is 0.352. The van der Waals surface area contributed by atoms with E-state index in [0.29, 0.717) is 11.3 Å². The minimum absolute atomic E-state index is 0.0962. The van der Waals surface area contributed by atoms with Gasteiger partial charge in [0.05, 0.1) is 11.9 Å². The maximum Gasteiger partial charge on any atom is 0.329 e. The van der Waals surface area contributed by atoms with Gasteiger partial charge in [-0.05, 0) is 25.0 Å². The summed E-state index contributed by atoms with van der Waals surface area (Å²) >= 11 is 0. The number of rotatable bonds is 3. The van der Waals surface area contributed by atoms with Gasteiger partial charge in [0.1, 0.15) is 0 Å². The molecule has 0 spiro atoms. The van der Waals surface area contributed by atoms with Gasteiger partial charge in [0.25, 0.3) is 0 Å². The van der Waals surface area contributed by atoms with Crippen LogP contribution in [0.3, 0.4) is 0 Å². The normalized spacial score (nSPS) is 15.6. The maximum absolute atomic E-state index is 12.4. The third-order valence-corrected chi connectivity index (χ3v) is 5.02. The average Bonchev–Trinajstić information content (AvgIpc) is 2.97. The number of benzene rings is 1. The minimum atomic E-state index is -0.0962. The van der Waals surface area contributed by atoms with Crippen molar-refractivity contribution in [2.45, 2.75) is 38.1 Å². The number of nitrogens with zero attached hydrogens (tertiary/aromatic N) is 4. The molecular formula is C19H23N5O. The first kappa shape index (κ1) is 15.9. The lowest BCUT2D eigenvalue weighted by Crippen LogP contribution is -2.24. The highest BCUT2D eigenvalue weighted by Gasteiger charge is 2.21. The molecule has 6 nitrogen and oxygen atoms in total. The molecule has 1 fully saturated rings. The van der Waals surface area contributed by atoms with Crippen LogP contribution in [0.4, 0.5) is 5.69 Å². The van der Waals surface area contributed by atoms with Crippen LogP contribution in [0.25, 0.3) is 22.6 Å². The SMILES string of the molecule is CN(C)c1cccc(-c2cnc3c(n2)[nH]c(=O)n3C2CCCCC2)c1. The van der Waals surface area contributed by atoms with Crippen LogP contribution in [0.2, 0.25) is 0 Å². The fourth-order valence-corrected chi connectivity index (χ4v) is 3.66. The molecule has 2 heterocycles. The van der Waals surface area contributed by atoms with Crippen molar-refractivity contribution in [3.8, 4) is 11.3 Å². The third-order valence-electron chi connectivity index (χ3n) is 5.02. The summed E-state index contributed by atoms with van der Waals surface area (Å²) in [6.07, 6.45) is 7.46. The van der Waals surface area contributed by atoms with Crippen molar-refractivity contribution in [1.82, 2.24) is 19.5 Å². The summed E-state index contributed by atoms with van der Waals surface area (Å²) in [7, 11) is 4.02. The van der Waals surface area contributed by atoms with Gasteiger partial charge in [0, 0.05) is 31.4 Å². The first-order valence-electron chi connectivity index (χ1n) is 8.88. The Morgan fingerprint density at radius 3 is 2.76 bits per heavy atom. The van der Waals surface area contributed by atoms with Crippen molar-refractivity contribution in [3.05, 3.63) is 40.9 Å². The predicted molar refractivity (Wildman–Crippen MR) is 100 cm³/mol. The fraction of sp³-hybridized carbons (Fsp3) is 0.421. The first-order valence-corrected chi connectivity index (χ1v) is 8.88. The molecule has 25 heavy (non-hydrogen) atoms. The first-order chi connectivity index (χ1) is 12.1. The standard InChI is InChI=1S/C19H23N5O/c1-23(2)15-10-6-7-13(11-15)16-12-20-18-17(21-16)22-19(25)24(18)14-8-4-3-5-9-14/h6-7,10-12,14H,3-5,8-9H2,1-2H3,(H,21,22,25). The summed E-state index contributed by atoms with van der Waals surface area (Å²) in [6.45, 7) is 0. The molecule has 0 aliphatic heterocycles. The molecule has 4 rings (SSSR count). The number of H-pyrrole nitrogens is 1. The van der Waals surface area contributed by atoms with Crippen molar-refractivity contribution in [1.29, 1.82) is 0 Å². The number of aromatic amines is 1. The van der Waals surface area contributed by atoms with Gasteiger partial charge in [-0.25, -0.2) is 14.8 Å². The van der Waals surface area contributed by atoms with Gasteiger partial charge in [-0.15, -0.1) is 0 Å². The Morgan fingerprint density at radius 1 is 1.20 bits per heavy atom. The van der Waals surface area contributed by atoms with Crippen LogP contribution in [-0.4, -0.2) is 33.6 Å². The van der Waals surface area contributed by atoms with Crippen molar-refractivity contribution < 1.29 is 0 Å². The molecule has 0 bridgehead atoms. The predicted octanol–water partition coefficient (Wildman–Crippen LogP) is 3.36. The molecule has 2 aromatic heterocycles. The number of hydrogen-bond acceptors (Lipinski definition) is 4. The fourth-order valence-electron chi connectivity index (χ4n) is 3.66. The summed E-state index contributed by atoms with van der Waals surface area (Å²) in [5.74, 6) is 0. The molecule has 0 unspecified atom stereocenters. The van der Waals surface area contributed by atoms with E-state index in [-0.39, 0.29) is 11.7 Å². The maximum atomic E-state index is 12.4. The number of hydrogen-bond donors (Lipinski definition) is 1. The second-order valence-electron chi connectivity index (χ2n) is 6.96. The molecule has 6 heteroatoms. The highest BCUT2D eigenvalue weighted by molar-refractivity contribution is 5.72. The number of aromatic nitrogens is 4. The van der Waals surface area contributed by atoms with Crippen molar-refractivity contribution in [2.24, 2.45) is 0 Å². The number of imidazole rings is 1. The molecule has 0 atom stereocenters. The molecule has 0 radical (unpaired) electrons. The minimum Gasteiger partial charge on any atom is -0.378 e. The Morgan fingerprint density at radius 2 is 2.00 bits per heavy atom. The molecule has 3 aromatic rings.